The molecule has 3 aliphatic heterocycles. The van der Waals surface area contributed by atoms with Crippen LogP contribution in [0.4, 0.5) is 0 Å². The Morgan fingerprint density at radius 3 is 1.41 bits per heavy atom. The second-order valence-corrected chi connectivity index (χ2v) is 8.41. The Bertz CT molecular complexity index is 640. The Hall–Kier alpha value is -0.640. The van der Waals surface area contributed by atoms with Crippen molar-refractivity contribution in [2.24, 2.45) is 5.73 Å². The quantitative estimate of drug-likeness (QED) is 0.154. The normalized spacial score (nSPS) is 52.5. The van der Waals surface area contributed by atoms with E-state index in [1.165, 1.54) is 0 Å². The highest BCUT2D eigenvalue weighted by molar-refractivity contribution is 4.96. The second kappa shape index (κ2) is 11.6. The third-order valence-electron chi connectivity index (χ3n) is 6.15. The van der Waals surface area contributed by atoms with E-state index in [1.807, 2.05) is 0 Å². The molecule has 200 valence electrons. The van der Waals surface area contributed by atoms with Gasteiger partial charge in [0, 0.05) is 0 Å². The van der Waals surface area contributed by atoms with Crippen LogP contribution in [0.25, 0.3) is 0 Å². The standard InChI is InChI=1S/C18H33NO15/c19-16-11(27)9(25)14(5(2-21)30-16)33-18-13(29)10(26)15(6(3-22)32-18)34-17-12(28)8(24)7(23)4(1-20)31-17/h4-18,20-29H,1-3,19H2/t4-,5-,6-,7-,8+,9-,10-,11-,12-,13+,14-,15-,16-,17+,18+/m1/s1. The highest BCUT2D eigenvalue weighted by Gasteiger charge is 2.53. The van der Waals surface area contributed by atoms with Crippen molar-refractivity contribution in [3.8, 4) is 0 Å². The molecule has 3 fully saturated rings. The van der Waals surface area contributed by atoms with Gasteiger partial charge in [-0.3, -0.25) is 0 Å². The molecule has 15 atom stereocenters. The minimum Gasteiger partial charge on any atom is -0.394 e. The molecule has 0 amide bonds. The zero-order valence-corrected chi connectivity index (χ0v) is 17.9. The van der Waals surface area contributed by atoms with Crippen molar-refractivity contribution in [3.05, 3.63) is 0 Å². The van der Waals surface area contributed by atoms with E-state index in [0.717, 1.165) is 0 Å². The van der Waals surface area contributed by atoms with Crippen molar-refractivity contribution < 1.29 is 74.7 Å². The summed E-state index contributed by atoms with van der Waals surface area (Å²) in [6, 6.07) is 0. The maximum atomic E-state index is 10.6. The highest BCUT2D eigenvalue weighted by Crippen LogP contribution is 2.31. The molecule has 0 aromatic rings. The van der Waals surface area contributed by atoms with Gasteiger partial charge in [0.15, 0.2) is 12.6 Å². The summed E-state index contributed by atoms with van der Waals surface area (Å²) < 4.78 is 26.7. The molecular formula is C18H33NO15. The molecule has 0 unspecified atom stereocenters. The lowest BCUT2D eigenvalue weighted by Gasteiger charge is -2.47. The maximum absolute atomic E-state index is 10.6. The smallest absolute Gasteiger partial charge is 0.187 e. The number of aliphatic hydroxyl groups excluding tert-OH is 10. The van der Waals surface area contributed by atoms with Crippen molar-refractivity contribution in [2.75, 3.05) is 19.8 Å². The van der Waals surface area contributed by atoms with E-state index in [9.17, 15) is 51.1 Å². The second-order valence-electron chi connectivity index (χ2n) is 8.41. The van der Waals surface area contributed by atoms with E-state index in [0.29, 0.717) is 0 Å². The molecule has 3 saturated heterocycles. The molecule has 0 aromatic carbocycles. The van der Waals surface area contributed by atoms with Gasteiger partial charge in [0.05, 0.1) is 19.8 Å². The Balaban J connectivity index is 1.72. The summed E-state index contributed by atoms with van der Waals surface area (Å²) >= 11 is 0. The fraction of sp³-hybridized carbons (Fsp3) is 1.00. The average molecular weight is 503 g/mol. The largest absolute Gasteiger partial charge is 0.394 e. The molecule has 0 aromatic heterocycles. The van der Waals surface area contributed by atoms with Crippen LogP contribution >= 0.6 is 0 Å². The van der Waals surface area contributed by atoms with Crippen molar-refractivity contribution >= 4 is 0 Å². The number of hydrogen-bond donors (Lipinski definition) is 11. The molecule has 3 heterocycles. The fourth-order valence-electron chi connectivity index (χ4n) is 4.11. The van der Waals surface area contributed by atoms with Gasteiger partial charge in [0.2, 0.25) is 0 Å². The molecule has 0 aliphatic carbocycles. The molecule has 0 spiro atoms. The lowest BCUT2D eigenvalue weighted by Crippen LogP contribution is -2.67. The lowest BCUT2D eigenvalue weighted by atomic mass is 9.96. The summed E-state index contributed by atoms with van der Waals surface area (Å²) in [5.74, 6) is 0. The van der Waals surface area contributed by atoms with Gasteiger partial charge in [-0.15, -0.1) is 0 Å². The van der Waals surface area contributed by atoms with Gasteiger partial charge >= 0.3 is 0 Å². The maximum Gasteiger partial charge on any atom is 0.187 e. The molecule has 34 heavy (non-hydrogen) atoms. The molecule has 0 saturated carbocycles. The highest BCUT2D eigenvalue weighted by atomic mass is 16.7. The Morgan fingerprint density at radius 2 is 0.912 bits per heavy atom. The number of aliphatic hydroxyl groups is 10. The number of hydrogen-bond acceptors (Lipinski definition) is 16. The van der Waals surface area contributed by atoms with Crippen LogP contribution < -0.4 is 5.73 Å². The van der Waals surface area contributed by atoms with E-state index >= 15 is 0 Å². The van der Waals surface area contributed by atoms with Crippen LogP contribution in [0.5, 0.6) is 0 Å². The molecule has 16 heteroatoms. The molecule has 3 rings (SSSR count). The molecule has 3 aliphatic rings. The zero-order valence-electron chi connectivity index (χ0n) is 17.9. The van der Waals surface area contributed by atoms with Crippen LogP contribution in [0, 0.1) is 0 Å². The van der Waals surface area contributed by atoms with Crippen LogP contribution in [0.1, 0.15) is 0 Å². The van der Waals surface area contributed by atoms with Crippen molar-refractivity contribution in [1.82, 2.24) is 0 Å². The van der Waals surface area contributed by atoms with E-state index in [-0.39, 0.29) is 0 Å². The van der Waals surface area contributed by atoms with Gasteiger partial charge in [-0.2, -0.15) is 0 Å². The minimum atomic E-state index is -1.88. The van der Waals surface area contributed by atoms with Gasteiger partial charge in [-0.1, -0.05) is 0 Å². The third-order valence-corrected chi connectivity index (χ3v) is 6.15. The molecule has 12 N–H and O–H groups in total. The predicted octanol–water partition coefficient (Wildman–Crippen LogP) is -7.61. The summed E-state index contributed by atoms with van der Waals surface area (Å²) in [6.45, 7) is -2.21. The Kier molecular flexibility index (Phi) is 9.54. The Morgan fingerprint density at radius 1 is 0.500 bits per heavy atom. The number of ether oxygens (including phenoxy) is 5. The minimum absolute atomic E-state index is 0.681. The van der Waals surface area contributed by atoms with Crippen molar-refractivity contribution in [3.63, 3.8) is 0 Å². The first-order valence-electron chi connectivity index (χ1n) is 10.7. The third kappa shape index (κ3) is 5.37. The first-order chi connectivity index (χ1) is 16.0. The first-order valence-corrected chi connectivity index (χ1v) is 10.7. The van der Waals surface area contributed by atoms with Gasteiger partial charge in [0.1, 0.15) is 79.5 Å². The van der Waals surface area contributed by atoms with Crippen LogP contribution in [0.2, 0.25) is 0 Å². The summed E-state index contributed by atoms with van der Waals surface area (Å²) in [6.07, 6.45) is -23.9. The molecule has 0 bridgehead atoms. The van der Waals surface area contributed by atoms with Crippen LogP contribution in [0.3, 0.4) is 0 Å². The lowest BCUT2D eigenvalue weighted by molar-refractivity contribution is -0.372. The van der Waals surface area contributed by atoms with Crippen LogP contribution in [-0.4, -0.2) is 163 Å². The van der Waals surface area contributed by atoms with Crippen LogP contribution in [-0.2, 0) is 23.7 Å². The van der Waals surface area contributed by atoms with E-state index in [2.05, 4.69) is 0 Å². The summed E-state index contributed by atoms with van der Waals surface area (Å²) in [7, 11) is 0. The Labute approximate surface area is 193 Å². The average Bonchev–Trinajstić information content (AvgIpc) is 2.83. The van der Waals surface area contributed by atoms with Crippen molar-refractivity contribution in [2.45, 2.75) is 92.1 Å². The zero-order chi connectivity index (χ0) is 25.3. The molecule has 0 radical (unpaired) electrons. The SMILES string of the molecule is N[C@@H]1O[C@H](CO)[C@@H](O[C@@H]2O[C@H](CO)[C@@H](O[C@@H]3O[C@H](CO)[C@@H](O)[C@H](O)[C@H]3O)[C@H](O)[C@@H]2O)[C@H](O)[C@H]1O. The number of nitrogens with two attached hydrogens (primary N) is 1. The van der Waals surface area contributed by atoms with Gasteiger partial charge in [-0.05, 0) is 0 Å². The summed E-state index contributed by atoms with van der Waals surface area (Å²) in [4.78, 5) is 0. The van der Waals surface area contributed by atoms with Gasteiger partial charge in [0.25, 0.3) is 0 Å². The van der Waals surface area contributed by atoms with Gasteiger partial charge in [-0.25, -0.2) is 0 Å². The molecule has 16 nitrogen and oxygen atoms in total. The first kappa shape index (κ1) is 27.9. The summed E-state index contributed by atoms with van der Waals surface area (Å²) in [5.41, 5.74) is 5.53. The fourth-order valence-corrected chi connectivity index (χ4v) is 4.11. The summed E-state index contributed by atoms with van der Waals surface area (Å²) in [5, 5.41) is 99.8. The molecular weight excluding hydrogens is 470 g/mol. The monoisotopic (exact) mass is 503 g/mol. The van der Waals surface area contributed by atoms with Crippen molar-refractivity contribution in [1.29, 1.82) is 0 Å². The van der Waals surface area contributed by atoms with Crippen LogP contribution in [0.15, 0.2) is 0 Å². The predicted molar refractivity (Wildman–Crippen MR) is 103 cm³/mol. The van der Waals surface area contributed by atoms with Gasteiger partial charge < -0.3 is 80.5 Å². The number of rotatable bonds is 7. The van der Waals surface area contributed by atoms with E-state index in [1.54, 1.807) is 0 Å². The topological polar surface area (TPSA) is 274 Å². The van der Waals surface area contributed by atoms with E-state index in [4.69, 9.17) is 29.4 Å². The van der Waals surface area contributed by atoms with E-state index < -0.39 is 112 Å².